The van der Waals surface area contributed by atoms with Crippen LogP contribution < -0.4 is 5.32 Å². The summed E-state index contributed by atoms with van der Waals surface area (Å²) in [4.78, 5) is 21.0. The second-order valence-electron chi connectivity index (χ2n) is 2.31. The van der Waals surface area contributed by atoms with Crippen LogP contribution in [0.1, 0.15) is 13.3 Å². The van der Waals surface area contributed by atoms with Gasteiger partial charge in [0.2, 0.25) is 5.91 Å². The maximum Gasteiger partial charge on any atom is 0.334 e. The van der Waals surface area contributed by atoms with E-state index >= 15 is 0 Å². The van der Waals surface area contributed by atoms with Crippen LogP contribution in [-0.4, -0.2) is 36.7 Å². The summed E-state index contributed by atoms with van der Waals surface area (Å²) in [6, 6.07) is 0. The number of amides is 1. The number of aliphatic hydroxyl groups is 1. The Hall–Kier alpha value is -1.10. The summed E-state index contributed by atoms with van der Waals surface area (Å²) in [6.07, 6.45) is -0.978. The van der Waals surface area contributed by atoms with Gasteiger partial charge in [0.1, 0.15) is 0 Å². The van der Waals surface area contributed by atoms with Crippen LogP contribution in [-0.2, 0) is 14.3 Å². The first kappa shape index (κ1) is 10.9. The molecule has 0 aromatic carbocycles. The minimum Gasteiger partial charge on any atom is -0.467 e. The van der Waals surface area contributed by atoms with Crippen LogP contribution in [0.5, 0.6) is 0 Å². The highest BCUT2D eigenvalue weighted by molar-refractivity contribution is 5.74. The molecule has 0 fully saturated rings. The quantitative estimate of drug-likeness (QED) is 0.540. The number of ether oxygens (including phenoxy) is 1. The molecule has 0 heterocycles. The van der Waals surface area contributed by atoms with Crippen molar-refractivity contribution < 1.29 is 19.4 Å². The summed E-state index contributed by atoms with van der Waals surface area (Å²) in [6.45, 7) is 1.64. The van der Waals surface area contributed by atoms with Crippen LogP contribution in [0.4, 0.5) is 0 Å². The summed E-state index contributed by atoms with van der Waals surface area (Å²) in [5.74, 6) is -0.868. The molecule has 2 N–H and O–H groups in total. The first-order chi connectivity index (χ1) is 5.57. The molecule has 0 spiro atoms. The van der Waals surface area contributed by atoms with E-state index in [1.807, 2.05) is 0 Å². The van der Waals surface area contributed by atoms with Gasteiger partial charge in [0.25, 0.3) is 0 Å². The summed E-state index contributed by atoms with van der Waals surface area (Å²) < 4.78 is 4.27. The number of methoxy groups -OCH3 is 1. The molecule has 1 unspecified atom stereocenters. The molecule has 70 valence electrons. The number of hydrogen-bond acceptors (Lipinski definition) is 4. The van der Waals surface area contributed by atoms with Gasteiger partial charge >= 0.3 is 5.97 Å². The molecule has 0 aliphatic heterocycles. The highest BCUT2D eigenvalue weighted by Crippen LogP contribution is 1.92. The van der Waals surface area contributed by atoms with E-state index in [0.717, 1.165) is 0 Å². The number of hydrogen-bond donors (Lipinski definition) is 2. The topological polar surface area (TPSA) is 75.6 Å². The lowest BCUT2D eigenvalue weighted by Gasteiger charge is -2.07. The highest BCUT2D eigenvalue weighted by atomic mass is 16.5. The van der Waals surface area contributed by atoms with Crippen LogP contribution in [0.3, 0.4) is 0 Å². The Morgan fingerprint density at radius 3 is 2.58 bits per heavy atom. The van der Waals surface area contributed by atoms with Crippen molar-refractivity contribution in [3.8, 4) is 0 Å². The molecule has 5 nitrogen and oxygen atoms in total. The van der Waals surface area contributed by atoms with Gasteiger partial charge in [-0.2, -0.15) is 0 Å². The molecule has 0 bridgehead atoms. The monoisotopic (exact) mass is 175 g/mol. The van der Waals surface area contributed by atoms with E-state index in [9.17, 15) is 9.59 Å². The zero-order valence-corrected chi connectivity index (χ0v) is 7.16. The van der Waals surface area contributed by atoms with Gasteiger partial charge in [0.15, 0.2) is 6.10 Å². The van der Waals surface area contributed by atoms with E-state index in [2.05, 4.69) is 10.1 Å². The van der Waals surface area contributed by atoms with Crippen molar-refractivity contribution in [3.63, 3.8) is 0 Å². The smallest absolute Gasteiger partial charge is 0.334 e. The first-order valence-electron chi connectivity index (χ1n) is 3.58. The van der Waals surface area contributed by atoms with Crippen LogP contribution in [0.2, 0.25) is 0 Å². The summed E-state index contributed by atoms with van der Waals surface area (Å²) >= 11 is 0. The Kier molecular flexibility index (Phi) is 5.03. The Morgan fingerprint density at radius 2 is 2.17 bits per heavy atom. The van der Waals surface area contributed by atoms with Crippen molar-refractivity contribution in [1.29, 1.82) is 0 Å². The van der Waals surface area contributed by atoms with E-state index in [1.54, 1.807) is 0 Å². The zero-order chi connectivity index (χ0) is 9.56. The van der Waals surface area contributed by atoms with Gasteiger partial charge in [-0.3, -0.25) is 4.79 Å². The van der Waals surface area contributed by atoms with Crippen molar-refractivity contribution in [2.24, 2.45) is 0 Å². The minimum absolute atomic E-state index is 0.173. The molecular weight excluding hydrogens is 162 g/mol. The molecule has 0 aromatic rings. The van der Waals surface area contributed by atoms with Gasteiger partial charge in [-0.15, -0.1) is 0 Å². The zero-order valence-electron chi connectivity index (χ0n) is 7.16. The first-order valence-corrected chi connectivity index (χ1v) is 3.58. The molecule has 1 amide bonds. The molecule has 0 radical (unpaired) electrons. The fourth-order valence-electron chi connectivity index (χ4n) is 0.639. The van der Waals surface area contributed by atoms with Crippen molar-refractivity contribution in [2.75, 3.05) is 13.7 Å². The molecule has 1 atom stereocenters. The van der Waals surface area contributed by atoms with Crippen LogP contribution in [0.15, 0.2) is 0 Å². The lowest BCUT2D eigenvalue weighted by Crippen LogP contribution is -2.29. The number of aliphatic hydroxyl groups excluding tert-OH is 1. The van der Waals surface area contributed by atoms with Crippen molar-refractivity contribution in [1.82, 2.24) is 5.32 Å². The fourth-order valence-corrected chi connectivity index (χ4v) is 0.639. The van der Waals surface area contributed by atoms with Crippen molar-refractivity contribution in [3.05, 3.63) is 0 Å². The van der Waals surface area contributed by atoms with Crippen LogP contribution in [0, 0.1) is 0 Å². The predicted molar refractivity (Wildman–Crippen MR) is 41.3 cm³/mol. The molecule has 0 saturated heterocycles. The van der Waals surface area contributed by atoms with E-state index < -0.39 is 12.1 Å². The SMILES string of the molecule is COC(=O)C(O)CCNC(C)=O. The number of rotatable bonds is 4. The summed E-state index contributed by atoms with van der Waals surface area (Å²) in [5.41, 5.74) is 0. The van der Waals surface area contributed by atoms with E-state index in [0.29, 0.717) is 0 Å². The maximum absolute atomic E-state index is 10.6. The largest absolute Gasteiger partial charge is 0.467 e. The number of carbonyl (C=O) groups is 2. The minimum atomic E-state index is -1.15. The van der Waals surface area contributed by atoms with Crippen LogP contribution in [0.25, 0.3) is 0 Å². The number of esters is 1. The summed E-state index contributed by atoms with van der Waals surface area (Å²) in [7, 11) is 1.20. The van der Waals surface area contributed by atoms with E-state index in [4.69, 9.17) is 5.11 Å². The maximum atomic E-state index is 10.6. The standard InChI is InChI=1S/C7H13NO4/c1-5(9)8-4-3-6(10)7(11)12-2/h6,10H,3-4H2,1-2H3,(H,8,9). The lowest BCUT2D eigenvalue weighted by molar-refractivity contribution is -0.150. The molecule has 0 rings (SSSR count). The molecule has 0 aromatic heterocycles. The average Bonchev–Trinajstić information content (AvgIpc) is 2.02. The molecule has 12 heavy (non-hydrogen) atoms. The second-order valence-corrected chi connectivity index (χ2v) is 2.31. The van der Waals surface area contributed by atoms with E-state index in [-0.39, 0.29) is 18.9 Å². The van der Waals surface area contributed by atoms with Gasteiger partial charge in [-0.1, -0.05) is 0 Å². The molecule has 0 aliphatic carbocycles. The van der Waals surface area contributed by atoms with Gasteiger partial charge < -0.3 is 15.2 Å². The average molecular weight is 175 g/mol. The lowest BCUT2D eigenvalue weighted by atomic mass is 10.2. The third-order valence-corrected chi connectivity index (χ3v) is 1.26. The molecule has 5 heteroatoms. The van der Waals surface area contributed by atoms with Crippen molar-refractivity contribution in [2.45, 2.75) is 19.4 Å². The number of nitrogens with one attached hydrogen (secondary N) is 1. The highest BCUT2D eigenvalue weighted by Gasteiger charge is 2.14. The molecule has 0 aliphatic rings. The van der Waals surface area contributed by atoms with Gasteiger partial charge in [-0.05, 0) is 0 Å². The predicted octanol–water partition coefficient (Wildman–Crippen LogP) is -0.954. The molecule has 0 saturated carbocycles. The van der Waals surface area contributed by atoms with Gasteiger partial charge in [-0.25, -0.2) is 4.79 Å². The number of carbonyl (C=O) groups excluding carboxylic acids is 2. The Bertz CT molecular complexity index is 169. The van der Waals surface area contributed by atoms with E-state index in [1.165, 1.54) is 14.0 Å². The second kappa shape index (κ2) is 5.54. The van der Waals surface area contributed by atoms with Crippen LogP contribution >= 0.6 is 0 Å². The third-order valence-electron chi connectivity index (χ3n) is 1.26. The Morgan fingerprint density at radius 1 is 1.58 bits per heavy atom. The van der Waals surface area contributed by atoms with Gasteiger partial charge in [0, 0.05) is 19.9 Å². The Labute approximate surface area is 70.7 Å². The van der Waals surface area contributed by atoms with Crippen molar-refractivity contribution >= 4 is 11.9 Å². The third kappa shape index (κ3) is 4.68. The normalized spacial score (nSPS) is 11.9. The fraction of sp³-hybridized carbons (Fsp3) is 0.714. The van der Waals surface area contributed by atoms with Gasteiger partial charge in [0.05, 0.1) is 7.11 Å². The molecular formula is C7H13NO4. The Balaban J connectivity index is 3.50. The summed E-state index contributed by atoms with van der Waals surface area (Å²) in [5, 5.41) is 11.5.